The molecule has 124 valence electrons. The second-order valence-corrected chi connectivity index (χ2v) is 8.86. The fourth-order valence-electron chi connectivity index (χ4n) is 6.59. The summed E-state index contributed by atoms with van der Waals surface area (Å²) in [6, 6.07) is 0. The van der Waals surface area contributed by atoms with Gasteiger partial charge in [0.1, 0.15) is 5.60 Å². The highest BCUT2D eigenvalue weighted by Crippen LogP contribution is 2.71. The lowest BCUT2D eigenvalue weighted by molar-refractivity contribution is -0.249. The molecule has 4 fully saturated rings. The van der Waals surface area contributed by atoms with Crippen molar-refractivity contribution in [1.82, 2.24) is 0 Å². The molecule has 4 aliphatic carbocycles. The lowest BCUT2D eigenvalue weighted by atomic mass is 9.38. The van der Waals surface area contributed by atoms with E-state index in [0.717, 1.165) is 25.2 Å². The number of carbonyl (C=O) groups excluding carboxylic acids is 1. The molecule has 4 saturated carbocycles. The second-order valence-electron chi connectivity index (χ2n) is 8.32. The Morgan fingerprint density at radius 3 is 2.09 bits per heavy atom. The Morgan fingerprint density at radius 1 is 1.14 bits per heavy atom. The largest absolute Gasteiger partial charge is 0.455 e. The molecule has 0 aliphatic heterocycles. The number of esters is 1. The quantitative estimate of drug-likeness (QED) is 0.431. The Kier molecular flexibility index (Phi) is 3.95. The van der Waals surface area contributed by atoms with Gasteiger partial charge in [-0.15, -0.1) is 12.6 Å². The van der Waals surface area contributed by atoms with Crippen molar-refractivity contribution < 1.29 is 9.53 Å². The zero-order chi connectivity index (χ0) is 16.2. The van der Waals surface area contributed by atoms with E-state index in [1.54, 1.807) is 0 Å². The van der Waals surface area contributed by atoms with Gasteiger partial charge in [0.25, 0.3) is 0 Å². The number of rotatable bonds is 5. The van der Waals surface area contributed by atoms with Crippen LogP contribution in [0.2, 0.25) is 0 Å². The summed E-state index contributed by atoms with van der Waals surface area (Å²) in [7, 11) is 0. The lowest BCUT2D eigenvalue weighted by Gasteiger charge is -2.69. The molecule has 3 atom stereocenters. The van der Waals surface area contributed by atoms with Crippen LogP contribution >= 0.6 is 12.6 Å². The van der Waals surface area contributed by atoms with Crippen LogP contribution in [0.3, 0.4) is 0 Å². The van der Waals surface area contributed by atoms with E-state index >= 15 is 0 Å². The molecule has 3 heteroatoms. The molecule has 0 aromatic heterocycles. The molecule has 0 amide bonds. The van der Waals surface area contributed by atoms with Crippen LogP contribution in [0.5, 0.6) is 0 Å². The summed E-state index contributed by atoms with van der Waals surface area (Å²) < 4.78 is 6.15. The highest BCUT2D eigenvalue weighted by Gasteiger charge is 2.67. The van der Waals surface area contributed by atoms with Gasteiger partial charge in [-0.1, -0.05) is 40.2 Å². The van der Waals surface area contributed by atoms with Gasteiger partial charge in [0.2, 0.25) is 0 Å². The molecule has 0 N–H and O–H groups in total. The van der Waals surface area contributed by atoms with Crippen molar-refractivity contribution in [3.63, 3.8) is 0 Å². The average Bonchev–Trinajstić information content (AvgIpc) is 2.46. The average molecular weight is 323 g/mol. The first kappa shape index (κ1) is 16.4. The summed E-state index contributed by atoms with van der Waals surface area (Å²) in [5.74, 6) is 0.937. The number of hydrogen-bond acceptors (Lipinski definition) is 3. The molecular weight excluding hydrogens is 292 g/mol. The molecule has 4 aliphatic rings. The summed E-state index contributed by atoms with van der Waals surface area (Å²) in [4.78, 5) is 12.5. The summed E-state index contributed by atoms with van der Waals surface area (Å²) in [5, 5.41) is 0. The van der Waals surface area contributed by atoms with Crippen LogP contribution in [0, 0.1) is 22.7 Å². The first-order valence-electron chi connectivity index (χ1n) is 8.94. The predicted molar refractivity (Wildman–Crippen MR) is 92.8 cm³/mol. The lowest BCUT2D eigenvalue weighted by Crippen LogP contribution is -2.65. The van der Waals surface area contributed by atoms with Crippen LogP contribution in [0.15, 0.2) is 11.5 Å². The number of ether oxygens (including phenoxy) is 1. The predicted octanol–water partition coefficient (Wildman–Crippen LogP) is 5.14. The smallest absolute Gasteiger partial charge is 0.344 e. The topological polar surface area (TPSA) is 26.3 Å². The molecule has 0 radical (unpaired) electrons. The summed E-state index contributed by atoms with van der Waals surface area (Å²) in [6.45, 7) is 10.6. The van der Waals surface area contributed by atoms with Crippen molar-refractivity contribution in [2.45, 2.75) is 77.7 Å². The highest BCUT2D eigenvalue weighted by molar-refractivity contribution is 7.85. The Bertz CT molecular complexity index is 478. The monoisotopic (exact) mass is 322 g/mol. The number of hydrogen-bond donors (Lipinski definition) is 1. The first-order chi connectivity index (χ1) is 10.3. The van der Waals surface area contributed by atoms with Crippen molar-refractivity contribution in [1.29, 1.82) is 0 Å². The van der Waals surface area contributed by atoms with Gasteiger partial charge < -0.3 is 4.74 Å². The molecule has 22 heavy (non-hydrogen) atoms. The SMILES string of the molecule is C=C(S)C(=O)OC12CC3(CC)CC(CC(CC)(C3)C1)C2CC. The summed E-state index contributed by atoms with van der Waals surface area (Å²) in [6.07, 6.45) is 9.65. The van der Waals surface area contributed by atoms with Gasteiger partial charge in [0.05, 0.1) is 4.91 Å². The van der Waals surface area contributed by atoms with Crippen molar-refractivity contribution in [3.05, 3.63) is 11.5 Å². The van der Waals surface area contributed by atoms with Crippen LogP contribution in [0.25, 0.3) is 0 Å². The first-order valence-corrected chi connectivity index (χ1v) is 9.39. The van der Waals surface area contributed by atoms with Crippen molar-refractivity contribution in [3.8, 4) is 0 Å². The Morgan fingerprint density at radius 2 is 1.68 bits per heavy atom. The fourth-order valence-corrected chi connectivity index (χ4v) is 6.63. The summed E-state index contributed by atoms with van der Waals surface area (Å²) >= 11 is 4.12. The molecular formula is C19H30O2S. The van der Waals surface area contributed by atoms with Crippen LogP contribution in [-0.4, -0.2) is 11.6 Å². The molecule has 0 aromatic carbocycles. The third kappa shape index (κ3) is 2.26. The maximum atomic E-state index is 12.3. The van der Waals surface area contributed by atoms with E-state index in [0.29, 0.717) is 16.7 Å². The van der Waals surface area contributed by atoms with Gasteiger partial charge in [-0.05, 0) is 55.3 Å². The van der Waals surface area contributed by atoms with Crippen LogP contribution in [-0.2, 0) is 9.53 Å². The molecule has 2 nitrogen and oxygen atoms in total. The number of thiol groups is 1. The standard InChI is InChI=1S/C19H30O2S/c1-5-15-14-8-17(6-2)10-18(7-3,9-14)12-19(15,11-17)21-16(20)13(4)22/h14-15,22H,4-12H2,1-3H3. The third-order valence-corrected chi connectivity index (χ3v) is 7.39. The maximum Gasteiger partial charge on any atom is 0.344 e. The Labute approximate surface area is 140 Å². The molecule has 4 bridgehead atoms. The molecule has 0 heterocycles. The van der Waals surface area contributed by atoms with Gasteiger partial charge in [-0.3, -0.25) is 0 Å². The molecule has 0 spiro atoms. The van der Waals surface area contributed by atoms with E-state index in [9.17, 15) is 4.79 Å². The minimum atomic E-state index is -0.304. The van der Waals surface area contributed by atoms with Gasteiger partial charge in [0, 0.05) is 5.92 Å². The molecule has 0 saturated heterocycles. The minimum Gasteiger partial charge on any atom is -0.455 e. The zero-order valence-electron chi connectivity index (χ0n) is 14.3. The Hall–Kier alpha value is -0.440. The maximum absolute atomic E-state index is 12.3. The normalized spacial score (nSPS) is 45.8. The van der Waals surface area contributed by atoms with Crippen LogP contribution in [0.1, 0.15) is 72.1 Å². The van der Waals surface area contributed by atoms with Gasteiger partial charge in [0.15, 0.2) is 0 Å². The van der Waals surface area contributed by atoms with Crippen LogP contribution in [0.4, 0.5) is 0 Å². The second kappa shape index (κ2) is 5.29. The minimum absolute atomic E-state index is 0.238. The van der Waals surface area contributed by atoms with Crippen molar-refractivity contribution >= 4 is 18.6 Å². The molecule has 4 rings (SSSR count). The van der Waals surface area contributed by atoms with E-state index in [-0.39, 0.29) is 16.5 Å². The van der Waals surface area contributed by atoms with Crippen molar-refractivity contribution in [2.75, 3.05) is 0 Å². The fraction of sp³-hybridized carbons (Fsp3) is 0.842. The van der Waals surface area contributed by atoms with Gasteiger partial charge >= 0.3 is 5.97 Å². The van der Waals surface area contributed by atoms with Crippen LogP contribution < -0.4 is 0 Å². The zero-order valence-corrected chi connectivity index (χ0v) is 15.2. The third-order valence-electron chi connectivity index (χ3n) is 7.21. The van der Waals surface area contributed by atoms with Gasteiger partial charge in [-0.2, -0.15) is 0 Å². The van der Waals surface area contributed by atoms with E-state index in [2.05, 4.69) is 40.0 Å². The molecule has 3 unspecified atom stereocenters. The number of carbonyl (C=O) groups is 1. The van der Waals surface area contributed by atoms with E-state index in [1.165, 1.54) is 32.1 Å². The van der Waals surface area contributed by atoms with E-state index < -0.39 is 0 Å². The van der Waals surface area contributed by atoms with E-state index in [1.807, 2.05) is 0 Å². The van der Waals surface area contributed by atoms with E-state index in [4.69, 9.17) is 4.74 Å². The highest BCUT2D eigenvalue weighted by atomic mass is 32.1. The van der Waals surface area contributed by atoms with Gasteiger partial charge in [-0.25, -0.2) is 4.79 Å². The summed E-state index contributed by atoms with van der Waals surface area (Å²) in [5.41, 5.74) is 0.519. The Balaban J connectivity index is 2.01. The van der Waals surface area contributed by atoms with Crippen molar-refractivity contribution in [2.24, 2.45) is 22.7 Å². The molecule has 0 aromatic rings.